The number of amides is 1. The van der Waals surface area contributed by atoms with Crippen LogP contribution in [-0.2, 0) is 9.59 Å². The van der Waals surface area contributed by atoms with Crippen LogP contribution in [0.3, 0.4) is 0 Å². The number of carboxylic acid groups (broad SMARTS) is 1. The number of carbonyl (C=O) groups excluding carboxylic acids is 1. The molecule has 0 fully saturated rings. The first-order valence-corrected chi connectivity index (χ1v) is 8.33. The highest BCUT2D eigenvalue weighted by atomic mass is 16.5. The number of nitrogens with one attached hydrogen (secondary N) is 1. The van der Waals surface area contributed by atoms with Gasteiger partial charge in [0.25, 0.3) is 5.91 Å². The van der Waals surface area contributed by atoms with Gasteiger partial charge in [0.2, 0.25) is 0 Å². The number of benzene rings is 2. The molecule has 2 aromatic rings. The van der Waals surface area contributed by atoms with Gasteiger partial charge in [-0.05, 0) is 56.2 Å². The molecule has 0 saturated heterocycles. The molecule has 2 aromatic carbocycles. The Bertz CT molecular complexity index is 757. The van der Waals surface area contributed by atoms with Crippen LogP contribution in [0, 0.1) is 6.92 Å². The van der Waals surface area contributed by atoms with Crippen molar-refractivity contribution >= 4 is 11.9 Å². The predicted octanol–water partition coefficient (Wildman–Crippen LogP) is 3.10. The maximum atomic E-state index is 12.3. The standard InChI is InChI=1S/C20H23NO5/c1-13-5-4-6-18(11-13)26-15(3)20(24)21-14(2)16-7-9-17(10-8-16)25-12-19(22)23/h4-11,14-15H,12H2,1-3H3,(H,21,24)(H,22,23)/t14-,15+/m1/s1. The Balaban J connectivity index is 1.90. The summed E-state index contributed by atoms with van der Waals surface area (Å²) in [5.74, 6) is -0.131. The van der Waals surface area contributed by atoms with E-state index < -0.39 is 12.1 Å². The van der Waals surface area contributed by atoms with Gasteiger partial charge in [-0.1, -0.05) is 24.3 Å². The Labute approximate surface area is 152 Å². The Morgan fingerprint density at radius 1 is 1.08 bits per heavy atom. The van der Waals surface area contributed by atoms with E-state index in [9.17, 15) is 9.59 Å². The molecular formula is C20H23NO5. The maximum absolute atomic E-state index is 12.3. The van der Waals surface area contributed by atoms with E-state index in [2.05, 4.69) is 5.32 Å². The fourth-order valence-corrected chi connectivity index (χ4v) is 2.36. The molecule has 2 N–H and O–H groups in total. The first-order chi connectivity index (χ1) is 12.3. The average molecular weight is 357 g/mol. The summed E-state index contributed by atoms with van der Waals surface area (Å²) in [6, 6.07) is 14.2. The molecule has 0 saturated carbocycles. The van der Waals surface area contributed by atoms with E-state index in [1.807, 2.05) is 38.1 Å². The lowest BCUT2D eigenvalue weighted by atomic mass is 10.1. The normalized spacial score (nSPS) is 12.7. The molecule has 2 rings (SSSR count). The minimum atomic E-state index is -1.03. The van der Waals surface area contributed by atoms with Crippen LogP contribution < -0.4 is 14.8 Å². The first-order valence-electron chi connectivity index (χ1n) is 8.33. The van der Waals surface area contributed by atoms with E-state index in [1.165, 1.54) is 0 Å². The van der Waals surface area contributed by atoms with Gasteiger partial charge in [-0.25, -0.2) is 4.79 Å². The molecule has 0 heterocycles. The van der Waals surface area contributed by atoms with Crippen molar-refractivity contribution in [1.29, 1.82) is 0 Å². The molecule has 1 amide bonds. The van der Waals surface area contributed by atoms with Gasteiger partial charge in [-0.2, -0.15) is 0 Å². The summed E-state index contributed by atoms with van der Waals surface area (Å²) >= 11 is 0. The maximum Gasteiger partial charge on any atom is 0.341 e. The summed E-state index contributed by atoms with van der Waals surface area (Å²) in [4.78, 5) is 22.8. The molecule has 0 aliphatic carbocycles. The van der Waals surface area contributed by atoms with Gasteiger partial charge in [0.15, 0.2) is 12.7 Å². The van der Waals surface area contributed by atoms with Crippen LogP contribution in [0.2, 0.25) is 0 Å². The number of carboxylic acids is 1. The topological polar surface area (TPSA) is 84.9 Å². The van der Waals surface area contributed by atoms with Gasteiger partial charge in [0.1, 0.15) is 11.5 Å². The number of aliphatic carboxylic acids is 1. The van der Waals surface area contributed by atoms with Crippen molar-refractivity contribution in [3.05, 3.63) is 59.7 Å². The second kappa shape index (κ2) is 8.89. The quantitative estimate of drug-likeness (QED) is 0.758. The van der Waals surface area contributed by atoms with Gasteiger partial charge in [-0.3, -0.25) is 4.79 Å². The zero-order chi connectivity index (χ0) is 19.1. The lowest BCUT2D eigenvalue weighted by molar-refractivity contribution is -0.139. The van der Waals surface area contributed by atoms with Crippen molar-refractivity contribution in [2.45, 2.75) is 32.9 Å². The van der Waals surface area contributed by atoms with E-state index in [-0.39, 0.29) is 18.6 Å². The summed E-state index contributed by atoms with van der Waals surface area (Å²) in [7, 11) is 0. The van der Waals surface area contributed by atoms with Crippen LogP contribution in [0.25, 0.3) is 0 Å². The molecule has 0 unspecified atom stereocenters. The minimum absolute atomic E-state index is 0.217. The number of hydrogen-bond donors (Lipinski definition) is 2. The van der Waals surface area contributed by atoms with E-state index in [0.717, 1.165) is 11.1 Å². The van der Waals surface area contributed by atoms with Crippen molar-refractivity contribution in [2.24, 2.45) is 0 Å². The van der Waals surface area contributed by atoms with Crippen LogP contribution in [0.4, 0.5) is 0 Å². The average Bonchev–Trinajstić information content (AvgIpc) is 2.60. The third-order valence-corrected chi connectivity index (χ3v) is 3.77. The molecule has 0 bridgehead atoms. The number of aryl methyl sites for hydroxylation is 1. The van der Waals surface area contributed by atoms with Crippen molar-refractivity contribution in [1.82, 2.24) is 5.32 Å². The SMILES string of the molecule is Cc1cccc(O[C@@H](C)C(=O)N[C@H](C)c2ccc(OCC(=O)O)cc2)c1. The van der Waals surface area contributed by atoms with Crippen LogP contribution in [0.5, 0.6) is 11.5 Å². The van der Waals surface area contributed by atoms with E-state index in [1.54, 1.807) is 31.2 Å². The second-order valence-corrected chi connectivity index (χ2v) is 6.06. The molecule has 0 aliphatic heterocycles. The molecule has 0 radical (unpaired) electrons. The van der Waals surface area contributed by atoms with Crippen molar-refractivity contribution in [3.63, 3.8) is 0 Å². The molecule has 0 aliphatic rings. The zero-order valence-corrected chi connectivity index (χ0v) is 15.1. The van der Waals surface area contributed by atoms with Gasteiger partial charge < -0.3 is 19.9 Å². The highest BCUT2D eigenvalue weighted by Crippen LogP contribution is 2.19. The van der Waals surface area contributed by atoms with Crippen LogP contribution in [-0.4, -0.2) is 29.7 Å². The lowest BCUT2D eigenvalue weighted by Gasteiger charge is -2.19. The van der Waals surface area contributed by atoms with Crippen molar-refractivity contribution in [2.75, 3.05) is 6.61 Å². The fourth-order valence-electron chi connectivity index (χ4n) is 2.36. The zero-order valence-electron chi connectivity index (χ0n) is 15.1. The number of hydrogen-bond acceptors (Lipinski definition) is 4. The van der Waals surface area contributed by atoms with Gasteiger partial charge in [0, 0.05) is 0 Å². The Morgan fingerprint density at radius 2 is 1.77 bits per heavy atom. The van der Waals surface area contributed by atoms with E-state index in [4.69, 9.17) is 14.6 Å². The molecule has 138 valence electrons. The van der Waals surface area contributed by atoms with E-state index >= 15 is 0 Å². The summed E-state index contributed by atoms with van der Waals surface area (Å²) < 4.78 is 10.8. The second-order valence-electron chi connectivity index (χ2n) is 6.06. The van der Waals surface area contributed by atoms with Crippen LogP contribution >= 0.6 is 0 Å². The summed E-state index contributed by atoms with van der Waals surface area (Å²) in [5.41, 5.74) is 1.94. The third-order valence-electron chi connectivity index (χ3n) is 3.77. The molecule has 6 heteroatoms. The van der Waals surface area contributed by atoms with Gasteiger partial charge >= 0.3 is 5.97 Å². The minimum Gasteiger partial charge on any atom is -0.482 e. The summed E-state index contributed by atoms with van der Waals surface area (Å²) in [6.45, 7) is 5.14. The van der Waals surface area contributed by atoms with Crippen LogP contribution in [0.15, 0.2) is 48.5 Å². The molecule has 0 aromatic heterocycles. The molecule has 6 nitrogen and oxygen atoms in total. The molecule has 0 spiro atoms. The third kappa shape index (κ3) is 5.81. The highest BCUT2D eigenvalue weighted by molar-refractivity contribution is 5.81. The molecular weight excluding hydrogens is 334 g/mol. The van der Waals surface area contributed by atoms with Gasteiger partial charge in [-0.15, -0.1) is 0 Å². The number of ether oxygens (including phenoxy) is 2. The number of rotatable bonds is 8. The van der Waals surface area contributed by atoms with Crippen LogP contribution in [0.1, 0.15) is 31.0 Å². The Kier molecular flexibility index (Phi) is 6.60. The Hall–Kier alpha value is -3.02. The first kappa shape index (κ1) is 19.3. The molecule has 26 heavy (non-hydrogen) atoms. The smallest absolute Gasteiger partial charge is 0.341 e. The lowest BCUT2D eigenvalue weighted by Crippen LogP contribution is -2.37. The largest absolute Gasteiger partial charge is 0.482 e. The van der Waals surface area contributed by atoms with Crippen molar-refractivity contribution in [3.8, 4) is 11.5 Å². The fraction of sp³-hybridized carbons (Fsp3) is 0.300. The Morgan fingerprint density at radius 3 is 2.38 bits per heavy atom. The highest BCUT2D eigenvalue weighted by Gasteiger charge is 2.18. The molecule has 2 atom stereocenters. The predicted molar refractivity (Wildman–Crippen MR) is 97.4 cm³/mol. The summed E-state index contributed by atoms with van der Waals surface area (Å²) in [6.07, 6.45) is -0.627. The van der Waals surface area contributed by atoms with E-state index in [0.29, 0.717) is 11.5 Å². The summed E-state index contributed by atoms with van der Waals surface area (Å²) in [5, 5.41) is 11.5. The van der Waals surface area contributed by atoms with Crippen molar-refractivity contribution < 1.29 is 24.2 Å². The number of carbonyl (C=O) groups is 2. The monoisotopic (exact) mass is 357 g/mol. The van der Waals surface area contributed by atoms with Gasteiger partial charge in [0.05, 0.1) is 6.04 Å².